The molecule has 3 atom stereocenters. The normalized spacial score (nSPS) is 22.3. The van der Waals surface area contributed by atoms with Gasteiger partial charge in [0.15, 0.2) is 0 Å². The zero-order valence-electron chi connectivity index (χ0n) is 15.1. The number of aliphatic hydroxyl groups excluding tert-OH is 1. The third-order valence-corrected chi connectivity index (χ3v) is 4.99. The molecular formula is C20H34O4. The van der Waals surface area contributed by atoms with Crippen LogP contribution in [0.5, 0.6) is 0 Å². The number of carbonyl (C=O) groups excluding carboxylic acids is 1. The second kappa shape index (κ2) is 12.2. The lowest BCUT2D eigenvalue weighted by Crippen LogP contribution is -2.14. The minimum absolute atomic E-state index is 0.101. The van der Waals surface area contributed by atoms with Crippen molar-refractivity contribution in [2.24, 2.45) is 11.8 Å². The van der Waals surface area contributed by atoms with E-state index in [4.69, 9.17) is 5.11 Å². The maximum atomic E-state index is 12.1. The minimum atomic E-state index is -0.733. The first kappa shape index (κ1) is 20.9. The number of unbranched alkanes of at least 4 members (excludes halogenated alkanes) is 5. The largest absolute Gasteiger partial charge is 0.481 e. The number of Topliss-reactive ketones (excluding diaryl/α,β-unsaturated/α-hetero) is 1. The fourth-order valence-electron chi connectivity index (χ4n) is 3.50. The zero-order chi connectivity index (χ0) is 17.8. The Labute approximate surface area is 146 Å². The Morgan fingerprint density at radius 3 is 2.67 bits per heavy atom. The van der Waals surface area contributed by atoms with E-state index in [-0.39, 0.29) is 24.4 Å². The molecule has 1 rings (SSSR count). The monoisotopic (exact) mass is 338 g/mol. The van der Waals surface area contributed by atoms with Gasteiger partial charge in [-0.3, -0.25) is 9.59 Å². The molecule has 0 aliphatic heterocycles. The molecule has 4 nitrogen and oxygen atoms in total. The van der Waals surface area contributed by atoms with Crippen LogP contribution in [0.25, 0.3) is 0 Å². The van der Waals surface area contributed by atoms with Gasteiger partial charge in [0.25, 0.3) is 0 Å². The maximum absolute atomic E-state index is 12.1. The summed E-state index contributed by atoms with van der Waals surface area (Å²) in [5.41, 5.74) is 0. The van der Waals surface area contributed by atoms with Crippen LogP contribution in [0.4, 0.5) is 0 Å². The van der Waals surface area contributed by atoms with Crippen LogP contribution in [-0.4, -0.2) is 28.1 Å². The standard InChI is InChI=1S/C20H34O4/c1-2-3-6-9-17(21)14-12-16-13-15-19(22)18(16)10-7-4-5-8-11-20(23)24/h12,14,16-18,21H,2-11,13,15H2,1H3,(H,23,24)/b14-12+/t16?,17-,18+/m0/s1. The van der Waals surface area contributed by atoms with Crippen LogP contribution in [0.1, 0.15) is 84.0 Å². The lowest BCUT2D eigenvalue weighted by molar-refractivity contribution is -0.137. The van der Waals surface area contributed by atoms with E-state index in [1.54, 1.807) is 0 Å². The second-order valence-corrected chi connectivity index (χ2v) is 7.07. The van der Waals surface area contributed by atoms with Gasteiger partial charge < -0.3 is 10.2 Å². The van der Waals surface area contributed by atoms with E-state index >= 15 is 0 Å². The highest BCUT2D eigenvalue weighted by Gasteiger charge is 2.32. The Morgan fingerprint density at radius 1 is 1.21 bits per heavy atom. The van der Waals surface area contributed by atoms with Gasteiger partial charge in [0.1, 0.15) is 5.78 Å². The van der Waals surface area contributed by atoms with Gasteiger partial charge >= 0.3 is 5.97 Å². The SMILES string of the molecule is CCCCC[C@H](O)/C=C/C1CCC(=O)[C@@H]1CCCCCCC(=O)O. The molecule has 1 aliphatic carbocycles. The van der Waals surface area contributed by atoms with Gasteiger partial charge in [0.2, 0.25) is 0 Å². The Balaban J connectivity index is 2.28. The van der Waals surface area contributed by atoms with Crippen LogP contribution in [0.15, 0.2) is 12.2 Å². The Hall–Kier alpha value is -1.16. The number of carboxylic acid groups (broad SMARTS) is 1. The summed E-state index contributed by atoms with van der Waals surface area (Å²) in [6.07, 6.45) is 14.0. The van der Waals surface area contributed by atoms with Crippen molar-refractivity contribution >= 4 is 11.8 Å². The molecule has 0 aromatic rings. The van der Waals surface area contributed by atoms with E-state index in [9.17, 15) is 14.7 Å². The number of carbonyl (C=O) groups is 2. The molecule has 1 saturated carbocycles. The molecule has 24 heavy (non-hydrogen) atoms. The molecule has 0 aromatic heterocycles. The molecule has 0 radical (unpaired) electrons. The zero-order valence-corrected chi connectivity index (χ0v) is 15.1. The number of hydrogen-bond acceptors (Lipinski definition) is 3. The topological polar surface area (TPSA) is 74.6 Å². The minimum Gasteiger partial charge on any atom is -0.481 e. The van der Waals surface area contributed by atoms with Crippen LogP contribution < -0.4 is 0 Å². The summed E-state index contributed by atoms with van der Waals surface area (Å²) in [5.74, 6) is 0.000218. The number of aliphatic carboxylic acids is 1. The van der Waals surface area contributed by atoms with Gasteiger partial charge in [-0.05, 0) is 31.6 Å². The number of aliphatic hydroxyl groups is 1. The molecule has 138 valence electrons. The van der Waals surface area contributed by atoms with E-state index in [1.807, 2.05) is 6.08 Å². The average molecular weight is 338 g/mol. The summed E-state index contributed by atoms with van der Waals surface area (Å²) in [6, 6.07) is 0. The van der Waals surface area contributed by atoms with Crippen LogP contribution >= 0.6 is 0 Å². The van der Waals surface area contributed by atoms with Crippen LogP contribution in [0.2, 0.25) is 0 Å². The van der Waals surface area contributed by atoms with Crippen molar-refractivity contribution in [2.45, 2.75) is 90.1 Å². The van der Waals surface area contributed by atoms with Crippen molar-refractivity contribution in [3.63, 3.8) is 0 Å². The molecule has 0 heterocycles. The Morgan fingerprint density at radius 2 is 1.96 bits per heavy atom. The number of allylic oxidation sites excluding steroid dienone is 1. The number of carboxylic acids is 1. The van der Waals surface area contributed by atoms with E-state index in [2.05, 4.69) is 13.0 Å². The summed E-state index contributed by atoms with van der Waals surface area (Å²) in [6.45, 7) is 2.15. The highest BCUT2D eigenvalue weighted by atomic mass is 16.4. The molecule has 1 aliphatic rings. The van der Waals surface area contributed by atoms with Gasteiger partial charge in [0.05, 0.1) is 6.10 Å². The third kappa shape index (κ3) is 8.62. The first-order valence-corrected chi connectivity index (χ1v) is 9.65. The highest BCUT2D eigenvalue weighted by molar-refractivity contribution is 5.83. The van der Waals surface area contributed by atoms with Crippen LogP contribution in [-0.2, 0) is 9.59 Å². The maximum Gasteiger partial charge on any atom is 0.303 e. The van der Waals surface area contributed by atoms with Crippen molar-refractivity contribution in [1.82, 2.24) is 0 Å². The number of ketones is 1. The van der Waals surface area contributed by atoms with Crippen molar-refractivity contribution in [1.29, 1.82) is 0 Å². The lowest BCUT2D eigenvalue weighted by Gasteiger charge is -2.15. The summed E-state index contributed by atoms with van der Waals surface area (Å²) in [7, 11) is 0. The molecule has 1 fully saturated rings. The van der Waals surface area contributed by atoms with Gasteiger partial charge in [-0.2, -0.15) is 0 Å². The first-order valence-electron chi connectivity index (χ1n) is 9.65. The fraction of sp³-hybridized carbons (Fsp3) is 0.800. The summed E-state index contributed by atoms with van der Waals surface area (Å²) in [5, 5.41) is 18.6. The van der Waals surface area contributed by atoms with Gasteiger partial charge in [0, 0.05) is 18.8 Å². The van der Waals surface area contributed by atoms with Gasteiger partial charge in [-0.1, -0.05) is 57.6 Å². The molecular weight excluding hydrogens is 304 g/mol. The predicted molar refractivity (Wildman–Crippen MR) is 95.8 cm³/mol. The van der Waals surface area contributed by atoms with E-state index in [1.165, 1.54) is 0 Å². The number of hydrogen-bond donors (Lipinski definition) is 2. The predicted octanol–water partition coefficient (Wildman–Crippen LogP) is 4.50. The number of rotatable bonds is 13. The molecule has 0 bridgehead atoms. The van der Waals surface area contributed by atoms with E-state index in [0.29, 0.717) is 12.2 Å². The van der Waals surface area contributed by atoms with Crippen molar-refractivity contribution < 1.29 is 19.8 Å². The molecule has 4 heteroatoms. The third-order valence-electron chi connectivity index (χ3n) is 4.99. The highest BCUT2D eigenvalue weighted by Crippen LogP contribution is 2.34. The average Bonchev–Trinajstić information content (AvgIpc) is 2.89. The smallest absolute Gasteiger partial charge is 0.303 e. The van der Waals surface area contributed by atoms with Crippen LogP contribution in [0.3, 0.4) is 0 Å². The molecule has 0 spiro atoms. The van der Waals surface area contributed by atoms with Crippen molar-refractivity contribution in [2.75, 3.05) is 0 Å². The molecule has 2 N–H and O–H groups in total. The summed E-state index contributed by atoms with van der Waals surface area (Å²) < 4.78 is 0. The first-order chi connectivity index (χ1) is 11.5. The Bertz CT molecular complexity index is 402. The van der Waals surface area contributed by atoms with Crippen molar-refractivity contribution in [3.05, 3.63) is 12.2 Å². The molecule has 0 amide bonds. The Kier molecular flexibility index (Phi) is 10.6. The van der Waals surface area contributed by atoms with Gasteiger partial charge in [-0.15, -0.1) is 0 Å². The van der Waals surface area contributed by atoms with Crippen LogP contribution in [0, 0.1) is 11.8 Å². The fourth-order valence-corrected chi connectivity index (χ4v) is 3.50. The summed E-state index contributed by atoms with van der Waals surface area (Å²) >= 11 is 0. The summed E-state index contributed by atoms with van der Waals surface area (Å²) in [4.78, 5) is 22.5. The van der Waals surface area contributed by atoms with E-state index in [0.717, 1.165) is 64.2 Å². The van der Waals surface area contributed by atoms with Gasteiger partial charge in [-0.25, -0.2) is 0 Å². The van der Waals surface area contributed by atoms with E-state index < -0.39 is 5.97 Å². The lowest BCUT2D eigenvalue weighted by atomic mass is 9.89. The molecule has 0 aromatic carbocycles. The molecule has 0 saturated heterocycles. The molecule has 1 unspecified atom stereocenters. The second-order valence-electron chi connectivity index (χ2n) is 7.07. The van der Waals surface area contributed by atoms with Crippen molar-refractivity contribution in [3.8, 4) is 0 Å². The quantitative estimate of drug-likeness (QED) is 0.383.